The molecule has 3 heterocycles. The molecule has 2 saturated heterocycles. The Kier molecular flexibility index (Phi) is 5.71. The van der Waals surface area contributed by atoms with Crippen molar-refractivity contribution in [3.8, 4) is 0 Å². The number of imide groups is 1. The van der Waals surface area contributed by atoms with E-state index < -0.39 is 0 Å². The maximum atomic E-state index is 13.8. The molecule has 3 aliphatic rings. The van der Waals surface area contributed by atoms with E-state index in [4.69, 9.17) is 0 Å². The number of aryl methyl sites for hydroxylation is 2. The van der Waals surface area contributed by atoms with Gasteiger partial charge in [0.25, 0.3) is 11.8 Å². The number of hydrogen-bond acceptors (Lipinski definition) is 5. The average molecular weight is 445 g/mol. The van der Waals surface area contributed by atoms with Crippen molar-refractivity contribution < 1.29 is 9.59 Å². The summed E-state index contributed by atoms with van der Waals surface area (Å²) in [5.41, 5.74) is 5.96. The van der Waals surface area contributed by atoms with E-state index in [1.165, 1.54) is 23.3 Å². The molecular formula is C27H32N4O2. The van der Waals surface area contributed by atoms with Crippen LogP contribution in [0.5, 0.6) is 0 Å². The van der Waals surface area contributed by atoms with Gasteiger partial charge in [-0.15, -0.1) is 0 Å². The van der Waals surface area contributed by atoms with Crippen molar-refractivity contribution >= 4 is 28.8 Å². The third kappa shape index (κ3) is 3.93. The zero-order valence-electron chi connectivity index (χ0n) is 19.8. The van der Waals surface area contributed by atoms with Crippen LogP contribution < -0.4 is 9.80 Å². The van der Waals surface area contributed by atoms with Gasteiger partial charge in [-0.1, -0.05) is 18.2 Å². The van der Waals surface area contributed by atoms with Gasteiger partial charge in [-0.25, -0.2) is 4.90 Å². The summed E-state index contributed by atoms with van der Waals surface area (Å²) in [6.07, 6.45) is 2.42. The van der Waals surface area contributed by atoms with Gasteiger partial charge in [0.15, 0.2) is 0 Å². The fraction of sp³-hybridized carbons (Fsp3) is 0.407. The Morgan fingerprint density at radius 2 is 1.30 bits per heavy atom. The summed E-state index contributed by atoms with van der Waals surface area (Å²) in [4.78, 5) is 35.6. The largest absolute Gasteiger partial charge is 0.372 e. The summed E-state index contributed by atoms with van der Waals surface area (Å²) >= 11 is 0. The molecule has 5 rings (SSSR count). The second-order valence-corrected chi connectivity index (χ2v) is 9.47. The van der Waals surface area contributed by atoms with Crippen LogP contribution in [0.15, 0.2) is 48.2 Å². The van der Waals surface area contributed by atoms with Crippen molar-refractivity contribution in [1.82, 2.24) is 9.80 Å². The first-order valence-electron chi connectivity index (χ1n) is 11.9. The van der Waals surface area contributed by atoms with Crippen LogP contribution in [0.4, 0.5) is 11.4 Å². The number of carbonyl (C=O) groups excluding carboxylic acids is 2. The van der Waals surface area contributed by atoms with E-state index >= 15 is 0 Å². The lowest BCUT2D eigenvalue weighted by atomic mass is 9.99. The van der Waals surface area contributed by atoms with Gasteiger partial charge in [0.2, 0.25) is 0 Å². The van der Waals surface area contributed by atoms with Crippen LogP contribution in [-0.4, -0.2) is 67.9 Å². The predicted molar refractivity (Wildman–Crippen MR) is 132 cm³/mol. The van der Waals surface area contributed by atoms with Crippen molar-refractivity contribution in [1.29, 1.82) is 0 Å². The molecule has 2 aromatic rings. The number of rotatable bonds is 4. The smallest absolute Gasteiger partial charge is 0.282 e. The predicted octanol–water partition coefficient (Wildman–Crippen LogP) is 3.44. The molecule has 6 heteroatoms. The van der Waals surface area contributed by atoms with E-state index in [9.17, 15) is 9.59 Å². The lowest BCUT2D eigenvalue weighted by molar-refractivity contribution is -0.120. The minimum absolute atomic E-state index is 0.216. The SMILES string of the molecule is Cc1ccc(C2=C(N3CCN(C)CC3)C(=O)N(c3ccc(N4CCCC4)cc3)C2=O)cc1C. The van der Waals surface area contributed by atoms with Gasteiger partial charge >= 0.3 is 0 Å². The fourth-order valence-corrected chi connectivity index (χ4v) is 5.02. The van der Waals surface area contributed by atoms with Gasteiger partial charge in [-0.05, 0) is 74.7 Å². The third-order valence-electron chi connectivity index (χ3n) is 7.25. The van der Waals surface area contributed by atoms with E-state index in [1.54, 1.807) is 0 Å². The molecule has 0 saturated carbocycles. The lowest BCUT2D eigenvalue weighted by Gasteiger charge is -2.34. The van der Waals surface area contributed by atoms with Gasteiger partial charge in [-0.3, -0.25) is 9.59 Å². The number of carbonyl (C=O) groups is 2. The van der Waals surface area contributed by atoms with Gasteiger partial charge in [0, 0.05) is 45.0 Å². The molecule has 172 valence electrons. The van der Waals surface area contributed by atoms with Crippen molar-refractivity contribution in [2.75, 3.05) is 56.1 Å². The summed E-state index contributed by atoms with van der Waals surface area (Å²) in [7, 11) is 2.09. The summed E-state index contributed by atoms with van der Waals surface area (Å²) in [5, 5.41) is 0. The molecule has 0 N–H and O–H groups in total. The van der Waals surface area contributed by atoms with E-state index in [0.29, 0.717) is 17.0 Å². The van der Waals surface area contributed by atoms with E-state index in [-0.39, 0.29) is 11.8 Å². The number of amides is 2. The van der Waals surface area contributed by atoms with Gasteiger partial charge in [0.05, 0.1) is 11.3 Å². The van der Waals surface area contributed by atoms with Crippen LogP contribution >= 0.6 is 0 Å². The Bertz CT molecular complexity index is 1110. The minimum Gasteiger partial charge on any atom is -0.372 e. The lowest BCUT2D eigenvalue weighted by Crippen LogP contribution is -2.46. The molecule has 0 bridgehead atoms. The Balaban J connectivity index is 1.52. The van der Waals surface area contributed by atoms with E-state index in [1.807, 2.05) is 49.4 Å². The number of piperazine rings is 1. The van der Waals surface area contributed by atoms with Crippen LogP contribution in [0.25, 0.3) is 5.57 Å². The number of benzene rings is 2. The molecule has 3 aliphatic heterocycles. The van der Waals surface area contributed by atoms with Crippen molar-refractivity contribution in [2.24, 2.45) is 0 Å². The third-order valence-corrected chi connectivity index (χ3v) is 7.25. The number of nitrogens with zero attached hydrogens (tertiary/aromatic N) is 4. The summed E-state index contributed by atoms with van der Waals surface area (Å²) in [6, 6.07) is 13.9. The molecule has 6 nitrogen and oxygen atoms in total. The van der Waals surface area contributed by atoms with Crippen LogP contribution in [0, 0.1) is 13.8 Å². The molecular weight excluding hydrogens is 412 g/mol. The quantitative estimate of drug-likeness (QED) is 0.676. The van der Waals surface area contributed by atoms with Crippen LogP contribution in [0.2, 0.25) is 0 Å². The zero-order chi connectivity index (χ0) is 23.1. The van der Waals surface area contributed by atoms with Crippen molar-refractivity contribution in [2.45, 2.75) is 26.7 Å². The highest BCUT2D eigenvalue weighted by molar-refractivity contribution is 6.45. The zero-order valence-corrected chi connectivity index (χ0v) is 19.8. The first-order chi connectivity index (χ1) is 15.9. The first-order valence-corrected chi connectivity index (χ1v) is 11.9. The molecule has 2 aromatic carbocycles. The summed E-state index contributed by atoms with van der Waals surface area (Å²) in [5.74, 6) is -0.446. The Morgan fingerprint density at radius 3 is 1.94 bits per heavy atom. The van der Waals surface area contributed by atoms with Crippen molar-refractivity contribution in [3.63, 3.8) is 0 Å². The molecule has 2 fully saturated rings. The molecule has 0 spiro atoms. The fourth-order valence-electron chi connectivity index (χ4n) is 5.02. The maximum Gasteiger partial charge on any atom is 0.282 e. The Labute approximate surface area is 196 Å². The summed E-state index contributed by atoms with van der Waals surface area (Å²) in [6.45, 7) is 9.45. The molecule has 0 atom stereocenters. The van der Waals surface area contributed by atoms with Crippen LogP contribution in [0.1, 0.15) is 29.5 Å². The Hall–Kier alpha value is -3.12. The van der Waals surface area contributed by atoms with E-state index in [0.717, 1.165) is 56.1 Å². The first kappa shape index (κ1) is 21.7. The molecule has 33 heavy (non-hydrogen) atoms. The highest BCUT2D eigenvalue weighted by Gasteiger charge is 2.43. The van der Waals surface area contributed by atoms with E-state index in [2.05, 4.69) is 28.7 Å². The summed E-state index contributed by atoms with van der Waals surface area (Å²) < 4.78 is 0. The monoisotopic (exact) mass is 444 g/mol. The topological polar surface area (TPSA) is 47.1 Å². The molecule has 2 amide bonds. The number of anilines is 2. The van der Waals surface area contributed by atoms with Gasteiger partial charge in [-0.2, -0.15) is 0 Å². The molecule has 0 radical (unpaired) electrons. The second-order valence-electron chi connectivity index (χ2n) is 9.47. The van der Waals surface area contributed by atoms with Gasteiger partial charge < -0.3 is 14.7 Å². The Morgan fingerprint density at radius 1 is 0.667 bits per heavy atom. The molecule has 0 unspecified atom stereocenters. The highest BCUT2D eigenvalue weighted by Crippen LogP contribution is 2.36. The molecule has 0 aliphatic carbocycles. The van der Waals surface area contributed by atoms with Crippen molar-refractivity contribution in [3.05, 3.63) is 64.9 Å². The molecule has 0 aromatic heterocycles. The number of hydrogen-bond donors (Lipinski definition) is 0. The normalized spacial score (nSPS) is 19.9. The standard InChI is InChI=1S/C27H32N4O2/c1-19-6-7-21(18-20(19)2)24-25(30-16-14-28(3)15-17-30)27(33)31(26(24)32)23-10-8-22(9-11-23)29-12-4-5-13-29/h6-11,18H,4-5,12-17H2,1-3H3. The second kappa shape index (κ2) is 8.67. The van der Waals surface area contributed by atoms with Gasteiger partial charge in [0.1, 0.15) is 5.70 Å². The van der Waals surface area contributed by atoms with Crippen LogP contribution in [0.3, 0.4) is 0 Å². The van der Waals surface area contributed by atoms with Crippen LogP contribution in [-0.2, 0) is 9.59 Å². The maximum absolute atomic E-state index is 13.8. The number of likely N-dealkylation sites (N-methyl/N-ethyl adjacent to an activating group) is 1. The minimum atomic E-state index is -0.230. The highest BCUT2D eigenvalue weighted by atomic mass is 16.2. The average Bonchev–Trinajstić information content (AvgIpc) is 3.43.